The Bertz CT molecular complexity index is 134. The lowest BCUT2D eigenvalue weighted by molar-refractivity contribution is 0.331. The third-order valence-corrected chi connectivity index (χ3v) is 1.35. The van der Waals surface area contributed by atoms with Crippen molar-refractivity contribution in [2.75, 3.05) is 6.61 Å². The van der Waals surface area contributed by atoms with Crippen LogP contribution < -0.4 is 0 Å². The average Bonchev–Trinajstić information content (AvgIpc) is 1.88. The second-order valence-corrected chi connectivity index (χ2v) is 2.39. The first-order valence-electron chi connectivity index (χ1n) is 3.42. The molecule has 0 aliphatic heterocycles. The zero-order chi connectivity index (χ0) is 7.98. The molecule has 0 aliphatic carbocycles. The van der Waals surface area contributed by atoms with Crippen LogP contribution in [0.5, 0.6) is 0 Å². The second kappa shape index (κ2) is 5.35. The zero-order valence-corrected chi connectivity index (χ0v) is 7.25. The van der Waals surface area contributed by atoms with Gasteiger partial charge in [-0.05, 0) is 25.6 Å². The van der Waals surface area contributed by atoms with Crippen molar-refractivity contribution in [3.8, 4) is 0 Å². The van der Waals surface area contributed by atoms with Gasteiger partial charge in [-0.1, -0.05) is 6.92 Å². The van der Waals surface area contributed by atoms with Crippen molar-refractivity contribution < 1.29 is 4.74 Å². The van der Waals surface area contributed by atoms with Crippen LogP contribution in [0.4, 0.5) is 0 Å². The highest BCUT2D eigenvalue weighted by molar-refractivity contribution is 7.80. The first-order valence-corrected chi connectivity index (χ1v) is 3.83. The van der Waals surface area contributed by atoms with Crippen LogP contribution in [0, 0.1) is 5.41 Å². The van der Waals surface area contributed by atoms with Gasteiger partial charge < -0.3 is 10.1 Å². The summed E-state index contributed by atoms with van der Waals surface area (Å²) in [5.74, 6) is 0. The van der Waals surface area contributed by atoms with E-state index in [0.29, 0.717) is 23.8 Å². The van der Waals surface area contributed by atoms with Gasteiger partial charge in [0.15, 0.2) is 5.05 Å². The molecular formula is C7H13NOS. The van der Waals surface area contributed by atoms with Crippen LogP contribution in [-0.2, 0) is 4.74 Å². The SMILES string of the molecule is CCOC(=S)CC(=N)CC. The molecule has 58 valence electrons. The van der Waals surface area contributed by atoms with E-state index >= 15 is 0 Å². The van der Waals surface area contributed by atoms with Gasteiger partial charge in [-0.25, -0.2) is 0 Å². The minimum atomic E-state index is 0.514. The normalized spacial score (nSPS) is 9.00. The van der Waals surface area contributed by atoms with Gasteiger partial charge in [-0.15, -0.1) is 0 Å². The number of ether oxygens (including phenoxy) is 1. The smallest absolute Gasteiger partial charge is 0.165 e. The van der Waals surface area contributed by atoms with Crippen LogP contribution in [0.1, 0.15) is 26.7 Å². The summed E-state index contributed by atoms with van der Waals surface area (Å²) < 4.78 is 5.00. The topological polar surface area (TPSA) is 33.1 Å². The molecule has 0 aromatic carbocycles. The van der Waals surface area contributed by atoms with Crippen LogP contribution in [0.3, 0.4) is 0 Å². The number of rotatable bonds is 4. The van der Waals surface area contributed by atoms with E-state index in [0.717, 1.165) is 6.42 Å². The van der Waals surface area contributed by atoms with Crippen molar-refractivity contribution in [1.29, 1.82) is 5.41 Å². The summed E-state index contributed by atoms with van der Waals surface area (Å²) in [6, 6.07) is 0. The summed E-state index contributed by atoms with van der Waals surface area (Å²) >= 11 is 4.83. The Morgan fingerprint density at radius 1 is 1.50 bits per heavy atom. The molecule has 0 heterocycles. The van der Waals surface area contributed by atoms with E-state index in [2.05, 4.69) is 0 Å². The Kier molecular flexibility index (Phi) is 5.12. The van der Waals surface area contributed by atoms with E-state index in [9.17, 15) is 0 Å². The minimum absolute atomic E-state index is 0.514. The van der Waals surface area contributed by atoms with E-state index < -0.39 is 0 Å². The Labute approximate surface area is 67.1 Å². The molecule has 0 amide bonds. The van der Waals surface area contributed by atoms with Gasteiger partial charge in [0.05, 0.1) is 13.0 Å². The number of thiocarbonyl (C=S) groups is 1. The van der Waals surface area contributed by atoms with E-state index in [1.54, 1.807) is 0 Å². The molecule has 1 N–H and O–H groups in total. The monoisotopic (exact) mass is 159 g/mol. The minimum Gasteiger partial charge on any atom is -0.487 e. The maximum atomic E-state index is 7.28. The summed E-state index contributed by atoms with van der Waals surface area (Å²) in [5.41, 5.74) is 0.637. The Morgan fingerprint density at radius 2 is 2.10 bits per heavy atom. The molecular weight excluding hydrogens is 146 g/mol. The number of nitrogens with one attached hydrogen (secondary N) is 1. The zero-order valence-electron chi connectivity index (χ0n) is 6.44. The molecule has 0 saturated heterocycles. The van der Waals surface area contributed by atoms with Gasteiger partial charge in [-0.2, -0.15) is 0 Å². The van der Waals surface area contributed by atoms with Gasteiger partial charge in [0, 0.05) is 5.71 Å². The molecule has 0 saturated carbocycles. The van der Waals surface area contributed by atoms with Crippen LogP contribution in [0.25, 0.3) is 0 Å². The van der Waals surface area contributed by atoms with Crippen molar-refractivity contribution >= 4 is 23.0 Å². The molecule has 2 nitrogen and oxygen atoms in total. The highest BCUT2D eigenvalue weighted by Crippen LogP contribution is 1.94. The maximum Gasteiger partial charge on any atom is 0.165 e. The molecule has 0 aromatic rings. The predicted octanol–water partition coefficient (Wildman–Crippen LogP) is 2.17. The van der Waals surface area contributed by atoms with E-state index in [1.165, 1.54) is 0 Å². The predicted molar refractivity (Wildman–Crippen MR) is 46.9 cm³/mol. The Hall–Kier alpha value is -0.440. The van der Waals surface area contributed by atoms with Crippen molar-refractivity contribution in [2.24, 2.45) is 0 Å². The molecule has 0 radical (unpaired) electrons. The lowest BCUT2D eigenvalue weighted by Crippen LogP contribution is -2.07. The fourth-order valence-corrected chi connectivity index (χ4v) is 0.803. The highest BCUT2D eigenvalue weighted by Gasteiger charge is 1.99. The van der Waals surface area contributed by atoms with Crippen molar-refractivity contribution in [3.63, 3.8) is 0 Å². The molecule has 0 atom stereocenters. The van der Waals surface area contributed by atoms with E-state index in [1.807, 2.05) is 13.8 Å². The maximum absolute atomic E-state index is 7.28. The van der Waals surface area contributed by atoms with Gasteiger partial charge in [0.1, 0.15) is 0 Å². The lowest BCUT2D eigenvalue weighted by Gasteiger charge is -2.03. The lowest BCUT2D eigenvalue weighted by atomic mass is 10.2. The summed E-state index contributed by atoms with van der Waals surface area (Å²) in [4.78, 5) is 0. The van der Waals surface area contributed by atoms with Gasteiger partial charge in [-0.3, -0.25) is 0 Å². The quantitative estimate of drug-likeness (QED) is 0.503. The van der Waals surface area contributed by atoms with Gasteiger partial charge in [0.2, 0.25) is 0 Å². The number of hydrogen-bond donors (Lipinski definition) is 1. The first kappa shape index (κ1) is 9.56. The summed E-state index contributed by atoms with van der Waals surface area (Å²) in [6.07, 6.45) is 1.27. The standard InChI is InChI=1S/C7H13NOS/c1-3-6(8)5-7(10)9-4-2/h8H,3-5H2,1-2H3. The average molecular weight is 159 g/mol. The second-order valence-electron chi connectivity index (χ2n) is 1.94. The van der Waals surface area contributed by atoms with Crippen LogP contribution >= 0.6 is 12.2 Å². The summed E-state index contributed by atoms with van der Waals surface area (Å²) in [6.45, 7) is 4.44. The molecule has 0 aromatic heterocycles. The molecule has 0 aliphatic rings. The van der Waals surface area contributed by atoms with Crippen molar-refractivity contribution in [3.05, 3.63) is 0 Å². The molecule has 0 spiro atoms. The number of hydrogen-bond acceptors (Lipinski definition) is 3. The Balaban J connectivity index is 3.47. The highest BCUT2D eigenvalue weighted by atomic mass is 32.1. The summed E-state index contributed by atoms with van der Waals surface area (Å²) in [7, 11) is 0. The van der Waals surface area contributed by atoms with E-state index in [-0.39, 0.29) is 0 Å². The summed E-state index contributed by atoms with van der Waals surface area (Å²) in [5, 5.41) is 7.82. The Morgan fingerprint density at radius 3 is 2.50 bits per heavy atom. The van der Waals surface area contributed by atoms with Crippen LogP contribution in [0.15, 0.2) is 0 Å². The molecule has 0 unspecified atom stereocenters. The molecule has 0 rings (SSSR count). The fraction of sp³-hybridized carbons (Fsp3) is 0.714. The van der Waals surface area contributed by atoms with Crippen LogP contribution in [-0.4, -0.2) is 17.4 Å². The first-order chi connectivity index (χ1) is 4.70. The van der Waals surface area contributed by atoms with Gasteiger partial charge in [0.25, 0.3) is 0 Å². The molecule has 0 fully saturated rings. The van der Waals surface area contributed by atoms with Crippen molar-refractivity contribution in [1.82, 2.24) is 0 Å². The van der Waals surface area contributed by atoms with Crippen LogP contribution in [0.2, 0.25) is 0 Å². The third kappa shape index (κ3) is 4.44. The van der Waals surface area contributed by atoms with E-state index in [4.69, 9.17) is 22.4 Å². The largest absolute Gasteiger partial charge is 0.487 e. The third-order valence-electron chi connectivity index (χ3n) is 1.09. The van der Waals surface area contributed by atoms with Crippen molar-refractivity contribution in [2.45, 2.75) is 26.7 Å². The van der Waals surface area contributed by atoms with Gasteiger partial charge >= 0.3 is 0 Å². The molecule has 3 heteroatoms. The fourth-order valence-electron chi connectivity index (χ4n) is 0.511. The molecule has 10 heavy (non-hydrogen) atoms. The molecule has 0 bridgehead atoms.